The van der Waals surface area contributed by atoms with Crippen molar-refractivity contribution in [3.05, 3.63) is 63.6 Å². The van der Waals surface area contributed by atoms with Crippen LogP contribution in [0.15, 0.2) is 42.5 Å². The summed E-state index contributed by atoms with van der Waals surface area (Å²) >= 11 is 12.2. The summed E-state index contributed by atoms with van der Waals surface area (Å²) in [6, 6.07) is 13.7. The summed E-state index contributed by atoms with van der Waals surface area (Å²) in [5.41, 5.74) is 3.13. The summed E-state index contributed by atoms with van der Waals surface area (Å²) in [6.07, 6.45) is 1.90. The van der Waals surface area contributed by atoms with Gasteiger partial charge in [-0.05, 0) is 43.5 Å². The van der Waals surface area contributed by atoms with Gasteiger partial charge in [-0.1, -0.05) is 53.0 Å². The van der Waals surface area contributed by atoms with Crippen molar-refractivity contribution in [2.45, 2.75) is 32.0 Å². The molecule has 2 fully saturated rings. The Hall–Kier alpha value is -1.55. The van der Waals surface area contributed by atoms with E-state index >= 15 is 0 Å². The number of halogens is 2. The molecule has 4 rings (SSSR count). The highest BCUT2D eigenvalue weighted by Gasteiger charge is 2.49. The van der Waals surface area contributed by atoms with E-state index in [9.17, 15) is 4.79 Å². The van der Waals surface area contributed by atoms with Crippen molar-refractivity contribution in [1.29, 1.82) is 0 Å². The average Bonchev–Trinajstić information content (AvgIpc) is 3.12. The van der Waals surface area contributed by atoms with Crippen LogP contribution in [0, 0.1) is 6.92 Å². The second-order valence-corrected chi connectivity index (χ2v) is 7.30. The zero-order valence-electron chi connectivity index (χ0n) is 13.4. The normalized spacial score (nSPS) is 23.8. The Morgan fingerprint density at radius 2 is 1.92 bits per heavy atom. The molecule has 3 nitrogen and oxygen atoms in total. The minimum Gasteiger partial charge on any atom is -0.290 e. The van der Waals surface area contributed by atoms with Crippen molar-refractivity contribution in [3.8, 4) is 0 Å². The van der Waals surface area contributed by atoms with Gasteiger partial charge in [0.05, 0.1) is 16.1 Å². The number of benzene rings is 2. The third-order valence-electron chi connectivity index (χ3n) is 4.90. The number of nitrogens with zero attached hydrogens (tertiary/aromatic N) is 2. The number of hydrogen-bond acceptors (Lipinski definition) is 2. The van der Waals surface area contributed by atoms with E-state index < -0.39 is 0 Å². The van der Waals surface area contributed by atoms with Gasteiger partial charge in [0.1, 0.15) is 6.17 Å². The summed E-state index contributed by atoms with van der Waals surface area (Å²) in [7, 11) is 0. The molecule has 124 valence electrons. The maximum absolute atomic E-state index is 13.1. The van der Waals surface area contributed by atoms with E-state index in [1.807, 2.05) is 17.0 Å². The molecule has 2 aliphatic rings. The van der Waals surface area contributed by atoms with Crippen LogP contribution in [0.2, 0.25) is 10.0 Å². The lowest BCUT2D eigenvalue weighted by atomic mass is 10.1. The number of amides is 1. The Bertz CT molecular complexity index is 808. The maximum atomic E-state index is 13.1. The molecule has 0 aliphatic carbocycles. The molecule has 0 aromatic heterocycles. The number of carbonyl (C=O) groups is 1. The van der Waals surface area contributed by atoms with Gasteiger partial charge in [-0.3, -0.25) is 14.6 Å². The van der Waals surface area contributed by atoms with Crippen LogP contribution in [0.5, 0.6) is 0 Å². The lowest BCUT2D eigenvalue weighted by Crippen LogP contribution is -2.32. The van der Waals surface area contributed by atoms with Gasteiger partial charge in [-0.25, -0.2) is 0 Å². The van der Waals surface area contributed by atoms with Crippen molar-refractivity contribution in [2.75, 3.05) is 11.4 Å². The van der Waals surface area contributed by atoms with Crippen molar-refractivity contribution in [3.63, 3.8) is 0 Å². The first kappa shape index (κ1) is 15.9. The van der Waals surface area contributed by atoms with E-state index in [1.165, 1.54) is 5.56 Å². The number of anilines is 1. The fourth-order valence-corrected chi connectivity index (χ4v) is 4.14. The Labute approximate surface area is 151 Å². The van der Waals surface area contributed by atoms with Crippen LogP contribution in [-0.4, -0.2) is 23.4 Å². The maximum Gasteiger partial charge on any atom is 0.246 e. The molecule has 5 heteroatoms. The number of fused-ring (bicyclic) bond motifs is 1. The topological polar surface area (TPSA) is 23.6 Å². The molecular weight excluding hydrogens is 343 g/mol. The summed E-state index contributed by atoms with van der Waals surface area (Å²) < 4.78 is 0. The van der Waals surface area contributed by atoms with Gasteiger partial charge in [-0.2, -0.15) is 0 Å². The Kier molecular flexibility index (Phi) is 4.03. The summed E-state index contributed by atoms with van der Waals surface area (Å²) in [4.78, 5) is 17.2. The quantitative estimate of drug-likeness (QED) is 0.766. The predicted molar refractivity (Wildman–Crippen MR) is 97.6 cm³/mol. The standard InChI is InChI=1S/C19H18Cl2N2O/c1-12-4-2-5-13(10-12)18-22-9-3-6-17(22)19(24)23(18)14-7-8-15(20)16(21)11-14/h2,4-5,7-8,10-11,17-18H,3,6,9H2,1H3. The van der Waals surface area contributed by atoms with Gasteiger partial charge in [0.25, 0.3) is 0 Å². The van der Waals surface area contributed by atoms with Crippen LogP contribution in [0.4, 0.5) is 5.69 Å². The molecular formula is C19H18Cl2N2O. The molecule has 2 aromatic carbocycles. The molecule has 2 heterocycles. The van der Waals surface area contributed by atoms with Gasteiger partial charge in [0, 0.05) is 12.2 Å². The molecule has 24 heavy (non-hydrogen) atoms. The largest absolute Gasteiger partial charge is 0.290 e. The molecule has 1 amide bonds. The third-order valence-corrected chi connectivity index (χ3v) is 5.64. The Balaban J connectivity index is 1.83. The first-order chi connectivity index (χ1) is 11.6. The van der Waals surface area contributed by atoms with Crippen LogP contribution >= 0.6 is 23.2 Å². The van der Waals surface area contributed by atoms with E-state index in [0.717, 1.165) is 30.6 Å². The van der Waals surface area contributed by atoms with Crippen LogP contribution in [0.1, 0.15) is 30.1 Å². The molecule has 2 aliphatic heterocycles. The lowest BCUT2D eigenvalue weighted by molar-refractivity contribution is -0.119. The van der Waals surface area contributed by atoms with E-state index in [0.29, 0.717) is 10.0 Å². The fraction of sp³-hybridized carbons (Fsp3) is 0.316. The van der Waals surface area contributed by atoms with Crippen molar-refractivity contribution in [1.82, 2.24) is 4.90 Å². The van der Waals surface area contributed by atoms with Crippen LogP contribution in [0.3, 0.4) is 0 Å². The summed E-state index contributed by atoms with van der Waals surface area (Å²) in [6.45, 7) is 3.01. The zero-order chi connectivity index (χ0) is 16.8. The van der Waals surface area contributed by atoms with Gasteiger partial charge in [0.2, 0.25) is 5.91 Å². The number of carbonyl (C=O) groups excluding carboxylic acids is 1. The first-order valence-corrected chi connectivity index (χ1v) is 8.92. The second-order valence-electron chi connectivity index (χ2n) is 6.49. The number of aryl methyl sites for hydroxylation is 1. The molecule has 0 N–H and O–H groups in total. The molecule has 0 radical (unpaired) electrons. The van der Waals surface area contributed by atoms with E-state index in [4.69, 9.17) is 23.2 Å². The van der Waals surface area contributed by atoms with Crippen LogP contribution in [0.25, 0.3) is 0 Å². The van der Waals surface area contributed by atoms with Gasteiger partial charge < -0.3 is 0 Å². The van der Waals surface area contributed by atoms with Gasteiger partial charge in [-0.15, -0.1) is 0 Å². The number of rotatable bonds is 2. The Morgan fingerprint density at radius 3 is 2.67 bits per heavy atom. The first-order valence-electron chi connectivity index (χ1n) is 8.17. The van der Waals surface area contributed by atoms with Gasteiger partial charge >= 0.3 is 0 Å². The summed E-state index contributed by atoms with van der Waals surface area (Å²) in [5.74, 6) is 0.150. The van der Waals surface area contributed by atoms with Crippen LogP contribution in [-0.2, 0) is 4.79 Å². The number of hydrogen-bond donors (Lipinski definition) is 0. The molecule has 0 spiro atoms. The van der Waals surface area contributed by atoms with Crippen molar-refractivity contribution in [2.24, 2.45) is 0 Å². The molecule has 0 bridgehead atoms. The average molecular weight is 361 g/mol. The van der Waals surface area contributed by atoms with Crippen molar-refractivity contribution >= 4 is 34.8 Å². The zero-order valence-corrected chi connectivity index (χ0v) is 14.9. The second kappa shape index (κ2) is 6.07. The minimum atomic E-state index is -0.0813. The minimum absolute atomic E-state index is 0.0371. The van der Waals surface area contributed by atoms with E-state index in [1.54, 1.807) is 12.1 Å². The fourth-order valence-electron chi connectivity index (χ4n) is 3.85. The van der Waals surface area contributed by atoms with E-state index in [-0.39, 0.29) is 18.1 Å². The highest BCUT2D eigenvalue weighted by Crippen LogP contribution is 2.43. The highest BCUT2D eigenvalue weighted by atomic mass is 35.5. The lowest BCUT2D eigenvalue weighted by Gasteiger charge is -2.30. The van der Waals surface area contributed by atoms with Gasteiger partial charge in [0.15, 0.2) is 0 Å². The monoisotopic (exact) mass is 360 g/mol. The molecule has 0 saturated carbocycles. The summed E-state index contributed by atoms with van der Waals surface area (Å²) in [5, 5.41) is 0.969. The molecule has 2 atom stereocenters. The SMILES string of the molecule is Cc1cccc(C2N(c3ccc(Cl)c(Cl)c3)C(=O)C3CCCN32)c1. The molecule has 2 aromatic rings. The van der Waals surface area contributed by atoms with Crippen LogP contribution < -0.4 is 4.90 Å². The van der Waals surface area contributed by atoms with Crippen molar-refractivity contribution < 1.29 is 4.79 Å². The smallest absolute Gasteiger partial charge is 0.246 e. The third kappa shape index (κ3) is 2.52. The highest BCUT2D eigenvalue weighted by molar-refractivity contribution is 6.42. The predicted octanol–water partition coefficient (Wildman–Crippen LogP) is 4.81. The molecule has 2 unspecified atom stereocenters. The van der Waals surface area contributed by atoms with E-state index in [2.05, 4.69) is 30.0 Å². The Morgan fingerprint density at radius 1 is 1.08 bits per heavy atom. The molecule has 2 saturated heterocycles.